The molecular formula is C16H15FN2O2S. The summed E-state index contributed by atoms with van der Waals surface area (Å²) < 4.78 is 37.1. The van der Waals surface area contributed by atoms with Crippen LogP contribution < -0.4 is 5.32 Å². The van der Waals surface area contributed by atoms with Crippen LogP contribution >= 0.6 is 0 Å². The number of nitrogens with zero attached hydrogens (tertiary/aromatic N) is 1. The van der Waals surface area contributed by atoms with E-state index in [1.807, 2.05) is 6.07 Å². The molecule has 0 amide bonds. The molecule has 0 unspecified atom stereocenters. The van der Waals surface area contributed by atoms with Crippen LogP contribution in [-0.2, 0) is 16.4 Å². The van der Waals surface area contributed by atoms with Crippen LogP contribution in [0.2, 0.25) is 0 Å². The molecule has 114 valence electrons. The molecule has 0 saturated carbocycles. The Balaban J connectivity index is 2.08. The van der Waals surface area contributed by atoms with Gasteiger partial charge in [-0.05, 0) is 36.4 Å². The van der Waals surface area contributed by atoms with Crippen molar-refractivity contribution in [3.8, 4) is 6.07 Å². The van der Waals surface area contributed by atoms with E-state index >= 15 is 0 Å². The molecule has 4 nitrogen and oxygen atoms in total. The number of halogens is 1. The Hall–Kier alpha value is -2.39. The third kappa shape index (κ3) is 3.62. The lowest BCUT2D eigenvalue weighted by molar-refractivity contribution is 0.597. The Bertz CT molecular complexity index is 809. The number of sulfone groups is 1. The number of hydrogen-bond acceptors (Lipinski definition) is 4. The van der Waals surface area contributed by atoms with Gasteiger partial charge in [0.15, 0.2) is 9.84 Å². The number of nitriles is 1. The van der Waals surface area contributed by atoms with Crippen molar-refractivity contribution in [3.63, 3.8) is 0 Å². The second-order valence-corrected chi connectivity index (χ2v) is 6.98. The summed E-state index contributed by atoms with van der Waals surface area (Å²) in [7, 11) is -3.21. The molecule has 0 fully saturated rings. The van der Waals surface area contributed by atoms with Gasteiger partial charge in [0.25, 0.3) is 0 Å². The van der Waals surface area contributed by atoms with E-state index in [4.69, 9.17) is 5.26 Å². The number of rotatable bonds is 5. The average Bonchev–Trinajstić information content (AvgIpc) is 2.54. The van der Waals surface area contributed by atoms with E-state index in [1.54, 1.807) is 31.2 Å². The van der Waals surface area contributed by atoms with Crippen LogP contribution in [0.15, 0.2) is 47.4 Å². The van der Waals surface area contributed by atoms with Crippen LogP contribution in [0.4, 0.5) is 10.1 Å². The van der Waals surface area contributed by atoms with Gasteiger partial charge >= 0.3 is 0 Å². The van der Waals surface area contributed by atoms with E-state index < -0.39 is 15.7 Å². The molecule has 6 heteroatoms. The van der Waals surface area contributed by atoms with E-state index in [9.17, 15) is 12.8 Å². The average molecular weight is 318 g/mol. The minimum Gasteiger partial charge on any atom is -0.381 e. The minimum absolute atomic E-state index is 0.0518. The van der Waals surface area contributed by atoms with Crippen LogP contribution in [-0.4, -0.2) is 14.2 Å². The maximum atomic E-state index is 13.7. The fourth-order valence-corrected chi connectivity index (χ4v) is 2.79. The first-order chi connectivity index (χ1) is 10.5. The fraction of sp³-hybridized carbons (Fsp3) is 0.188. The Morgan fingerprint density at radius 1 is 1.18 bits per heavy atom. The highest BCUT2D eigenvalue weighted by atomic mass is 32.2. The quantitative estimate of drug-likeness (QED) is 0.919. The van der Waals surface area contributed by atoms with E-state index in [-0.39, 0.29) is 22.8 Å². The molecule has 22 heavy (non-hydrogen) atoms. The van der Waals surface area contributed by atoms with Gasteiger partial charge in [-0.3, -0.25) is 0 Å². The van der Waals surface area contributed by atoms with Crippen molar-refractivity contribution in [1.82, 2.24) is 0 Å². The molecule has 2 aromatic rings. The zero-order chi connectivity index (χ0) is 16.2. The summed E-state index contributed by atoms with van der Waals surface area (Å²) >= 11 is 0. The van der Waals surface area contributed by atoms with Crippen LogP contribution in [0.5, 0.6) is 0 Å². The summed E-state index contributed by atoms with van der Waals surface area (Å²) in [5, 5.41) is 11.7. The number of benzene rings is 2. The Kier molecular flexibility index (Phi) is 4.78. The Labute approximate surface area is 129 Å². The highest BCUT2D eigenvalue weighted by Gasteiger charge is 2.10. The normalized spacial score (nSPS) is 11.0. The van der Waals surface area contributed by atoms with Gasteiger partial charge in [0, 0.05) is 17.8 Å². The van der Waals surface area contributed by atoms with Crippen molar-refractivity contribution in [1.29, 1.82) is 5.26 Å². The molecule has 0 aromatic heterocycles. The van der Waals surface area contributed by atoms with E-state index in [2.05, 4.69) is 5.32 Å². The first-order valence-corrected chi connectivity index (χ1v) is 8.36. The standard InChI is InChI=1S/C16H15FN2O2S/c1-2-22(20,21)15-7-5-14(6-8-15)19-11-13-4-3-12(10-18)9-16(13)17/h3-9,19H,2,11H2,1H3. The van der Waals surface area contributed by atoms with E-state index in [0.29, 0.717) is 11.3 Å². The summed E-state index contributed by atoms with van der Waals surface area (Å²) in [5.74, 6) is -0.396. The number of hydrogen-bond donors (Lipinski definition) is 1. The molecule has 0 saturated heterocycles. The molecule has 0 aliphatic rings. The second-order valence-electron chi connectivity index (χ2n) is 4.70. The van der Waals surface area contributed by atoms with E-state index in [0.717, 1.165) is 0 Å². The van der Waals surface area contributed by atoms with Gasteiger partial charge < -0.3 is 5.32 Å². The van der Waals surface area contributed by atoms with Gasteiger partial charge in [0.2, 0.25) is 0 Å². The molecule has 1 N–H and O–H groups in total. The van der Waals surface area contributed by atoms with Gasteiger partial charge in [-0.25, -0.2) is 12.8 Å². The van der Waals surface area contributed by atoms with Crippen molar-refractivity contribution >= 4 is 15.5 Å². The first-order valence-electron chi connectivity index (χ1n) is 6.71. The largest absolute Gasteiger partial charge is 0.381 e. The van der Waals surface area contributed by atoms with Crippen molar-refractivity contribution in [2.75, 3.05) is 11.1 Å². The van der Waals surface area contributed by atoms with Gasteiger partial charge in [0.05, 0.1) is 22.3 Å². The van der Waals surface area contributed by atoms with Crippen LogP contribution in [0.1, 0.15) is 18.1 Å². The summed E-state index contributed by atoms with van der Waals surface area (Å²) in [6, 6.07) is 12.5. The van der Waals surface area contributed by atoms with Crippen molar-refractivity contribution in [3.05, 3.63) is 59.4 Å². The topological polar surface area (TPSA) is 70.0 Å². The van der Waals surface area contributed by atoms with Crippen molar-refractivity contribution in [2.24, 2.45) is 0 Å². The van der Waals surface area contributed by atoms with E-state index in [1.165, 1.54) is 18.2 Å². The molecule has 0 radical (unpaired) electrons. The number of nitrogens with one attached hydrogen (secondary N) is 1. The molecule has 0 aliphatic carbocycles. The Morgan fingerprint density at radius 3 is 2.41 bits per heavy atom. The van der Waals surface area contributed by atoms with Gasteiger partial charge in [0.1, 0.15) is 5.82 Å². The molecule has 0 atom stereocenters. The first kappa shape index (κ1) is 16.0. The molecule has 2 aromatic carbocycles. The predicted molar refractivity (Wildman–Crippen MR) is 82.6 cm³/mol. The zero-order valence-corrected chi connectivity index (χ0v) is 12.8. The zero-order valence-electron chi connectivity index (χ0n) is 12.0. The molecule has 0 spiro atoms. The highest BCUT2D eigenvalue weighted by molar-refractivity contribution is 7.91. The maximum Gasteiger partial charge on any atom is 0.178 e. The predicted octanol–water partition coefficient (Wildman–Crippen LogP) is 3.10. The molecule has 0 heterocycles. The van der Waals surface area contributed by atoms with Crippen LogP contribution in [0, 0.1) is 17.1 Å². The monoisotopic (exact) mass is 318 g/mol. The lowest BCUT2D eigenvalue weighted by atomic mass is 10.1. The molecule has 0 bridgehead atoms. The van der Waals surface area contributed by atoms with Gasteiger partial charge in [-0.15, -0.1) is 0 Å². The molecule has 2 rings (SSSR count). The van der Waals surface area contributed by atoms with Crippen molar-refractivity contribution < 1.29 is 12.8 Å². The van der Waals surface area contributed by atoms with Crippen molar-refractivity contribution in [2.45, 2.75) is 18.4 Å². The third-order valence-electron chi connectivity index (χ3n) is 3.26. The van der Waals surface area contributed by atoms with Gasteiger partial charge in [-0.2, -0.15) is 5.26 Å². The summed E-state index contributed by atoms with van der Waals surface area (Å²) in [6.07, 6.45) is 0. The summed E-state index contributed by atoms with van der Waals surface area (Å²) in [5.41, 5.74) is 1.40. The van der Waals surface area contributed by atoms with Crippen LogP contribution in [0.25, 0.3) is 0 Å². The molecular weight excluding hydrogens is 303 g/mol. The highest BCUT2D eigenvalue weighted by Crippen LogP contribution is 2.17. The SMILES string of the molecule is CCS(=O)(=O)c1ccc(NCc2ccc(C#N)cc2F)cc1. The fourth-order valence-electron chi connectivity index (χ4n) is 1.90. The van der Waals surface area contributed by atoms with Gasteiger partial charge in [-0.1, -0.05) is 13.0 Å². The minimum atomic E-state index is -3.21. The lowest BCUT2D eigenvalue weighted by Crippen LogP contribution is -2.05. The second kappa shape index (κ2) is 6.58. The third-order valence-corrected chi connectivity index (χ3v) is 5.01. The molecule has 0 aliphatic heterocycles. The summed E-state index contributed by atoms with van der Waals surface area (Å²) in [4.78, 5) is 0.269. The van der Waals surface area contributed by atoms with Crippen LogP contribution in [0.3, 0.4) is 0 Å². The smallest absolute Gasteiger partial charge is 0.178 e. The maximum absolute atomic E-state index is 13.7. The summed E-state index contributed by atoms with van der Waals surface area (Å²) in [6.45, 7) is 1.84. The number of anilines is 1. The lowest BCUT2D eigenvalue weighted by Gasteiger charge is -2.09. The Morgan fingerprint density at radius 2 is 1.86 bits per heavy atom.